The fraction of sp³-hybridized carbons (Fsp3) is 0.929. The molecule has 2 aliphatic rings. The maximum Gasteiger partial charge on any atom is 0.188 e. The number of rotatable bonds is 4. The molecule has 110 valence electrons. The van der Waals surface area contributed by atoms with Gasteiger partial charge in [-0.1, -0.05) is 25.7 Å². The summed E-state index contributed by atoms with van der Waals surface area (Å²) in [4.78, 5) is 4.38. The maximum atomic E-state index is 5.94. The van der Waals surface area contributed by atoms with E-state index in [1.54, 1.807) is 0 Å². The molecule has 5 nitrogen and oxygen atoms in total. The fourth-order valence-corrected chi connectivity index (χ4v) is 2.76. The third-order valence-corrected chi connectivity index (χ3v) is 3.95. The van der Waals surface area contributed by atoms with Gasteiger partial charge in [-0.2, -0.15) is 0 Å². The molecule has 1 saturated heterocycles. The first-order valence-electron chi connectivity index (χ1n) is 7.52. The number of hydrogen-bond acceptors (Lipinski definition) is 3. The molecule has 2 fully saturated rings. The quantitative estimate of drug-likeness (QED) is 0.463. The predicted molar refractivity (Wildman–Crippen MR) is 76.0 cm³/mol. The SMILES string of the molecule is CC1(CCN=C(N)NC2CCCCCC2)OCCO1. The second kappa shape index (κ2) is 7.10. The number of aliphatic imine (C=N–C) groups is 1. The Kier molecular flexibility index (Phi) is 5.45. The predicted octanol–water partition coefficient (Wildman–Crippen LogP) is 1.77. The molecule has 1 saturated carbocycles. The molecule has 1 aliphatic heterocycles. The van der Waals surface area contributed by atoms with Crippen LogP contribution in [0, 0.1) is 0 Å². The molecule has 0 aromatic rings. The Morgan fingerprint density at radius 3 is 2.47 bits per heavy atom. The van der Waals surface area contributed by atoms with Crippen LogP contribution in [-0.4, -0.2) is 37.5 Å². The average Bonchev–Trinajstić information content (AvgIpc) is 2.64. The van der Waals surface area contributed by atoms with E-state index in [2.05, 4.69) is 10.3 Å². The van der Waals surface area contributed by atoms with Crippen molar-refractivity contribution in [3.8, 4) is 0 Å². The van der Waals surface area contributed by atoms with Crippen molar-refractivity contribution in [2.75, 3.05) is 19.8 Å². The summed E-state index contributed by atoms with van der Waals surface area (Å²) < 4.78 is 11.1. The van der Waals surface area contributed by atoms with Crippen LogP contribution in [0.25, 0.3) is 0 Å². The van der Waals surface area contributed by atoms with Gasteiger partial charge in [0.15, 0.2) is 11.7 Å². The molecule has 0 radical (unpaired) electrons. The van der Waals surface area contributed by atoms with Crippen molar-refractivity contribution in [1.82, 2.24) is 5.32 Å². The minimum Gasteiger partial charge on any atom is -0.370 e. The normalized spacial score (nSPS) is 25.2. The van der Waals surface area contributed by atoms with Gasteiger partial charge in [0.1, 0.15) is 0 Å². The summed E-state index contributed by atoms with van der Waals surface area (Å²) in [5, 5.41) is 3.34. The van der Waals surface area contributed by atoms with Crippen LogP contribution in [0.4, 0.5) is 0 Å². The Balaban J connectivity index is 1.69. The Labute approximate surface area is 115 Å². The average molecular weight is 269 g/mol. The number of nitrogens with zero attached hydrogens (tertiary/aromatic N) is 1. The van der Waals surface area contributed by atoms with Crippen molar-refractivity contribution in [3.05, 3.63) is 0 Å². The van der Waals surface area contributed by atoms with Crippen LogP contribution in [0.1, 0.15) is 51.9 Å². The van der Waals surface area contributed by atoms with Gasteiger partial charge in [0, 0.05) is 19.0 Å². The smallest absolute Gasteiger partial charge is 0.188 e. The lowest BCUT2D eigenvalue weighted by molar-refractivity contribution is -0.144. The molecule has 3 N–H and O–H groups in total. The molecule has 0 amide bonds. The van der Waals surface area contributed by atoms with Gasteiger partial charge in [0.05, 0.1) is 13.2 Å². The number of hydrogen-bond donors (Lipinski definition) is 2. The summed E-state index contributed by atoms with van der Waals surface area (Å²) in [6.07, 6.45) is 8.46. The minimum atomic E-state index is -0.466. The van der Waals surface area contributed by atoms with Crippen LogP contribution >= 0.6 is 0 Å². The molecule has 0 atom stereocenters. The minimum absolute atomic E-state index is 0.466. The van der Waals surface area contributed by atoms with Gasteiger partial charge >= 0.3 is 0 Å². The number of ether oxygens (including phenoxy) is 2. The first-order valence-corrected chi connectivity index (χ1v) is 7.52. The Morgan fingerprint density at radius 2 is 1.84 bits per heavy atom. The third-order valence-electron chi connectivity index (χ3n) is 3.95. The number of guanidine groups is 1. The highest BCUT2D eigenvalue weighted by atomic mass is 16.7. The largest absolute Gasteiger partial charge is 0.370 e. The zero-order valence-corrected chi connectivity index (χ0v) is 12.0. The van der Waals surface area contributed by atoms with Gasteiger partial charge in [-0.05, 0) is 19.8 Å². The van der Waals surface area contributed by atoms with Crippen LogP contribution in [0.5, 0.6) is 0 Å². The molecule has 1 heterocycles. The standard InChI is InChI=1S/C14H27N3O2/c1-14(18-10-11-19-14)8-9-16-13(15)17-12-6-4-2-3-5-7-12/h12H,2-11H2,1H3,(H3,15,16,17). The Bertz CT molecular complexity index is 293. The zero-order valence-electron chi connectivity index (χ0n) is 12.0. The fourth-order valence-electron chi connectivity index (χ4n) is 2.76. The van der Waals surface area contributed by atoms with E-state index in [1.807, 2.05) is 6.92 Å². The van der Waals surface area contributed by atoms with E-state index < -0.39 is 5.79 Å². The van der Waals surface area contributed by atoms with Crippen molar-refractivity contribution >= 4 is 5.96 Å². The molecule has 0 spiro atoms. The molecule has 0 aromatic carbocycles. The van der Waals surface area contributed by atoms with Crippen molar-refractivity contribution in [2.24, 2.45) is 10.7 Å². The summed E-state index contributed by atoms with van der Waals surface area (Å²) in [6, 6.07) is 0.501. The maximum absolute atomic E-state index is 5.94. The topological polar surface area (TPSA) is 68.9 Å². The lowest BCUT2D eigenvalue weighted by atomic mass is 10.1. The van der Waals surface area contributed by atoms with Crippen molar-refractivity contribution in [1.29, 1.82) is 0 Å². The third kappa shape index (κ3) is 4.99. The molecule has 2 rings (SSSR count). The van der Waals surface area contributed by atoms with E-state index in [-0.39, 0.29) is 0 Å². The van der Waals surface area contributed by atoms with Gasteiger partial charge in [-0.25, -0.2) is 0 Å². The van der Waals surface area contributed by atoms with Gasteiger partial charge in [0.25, 0.3) is 0 Å². The highest BCUT2D eigenvalue weighted by Crippen LogP contribution is 2.22. The first-order chi connectivity index (χ1) is 9.18. The van der Waals surface area contributed by atoms with Crippen LogP contribution < -0.4 is 11.1 Å². The molecular formula is C14H27N3O2. The van der Waals surface area contributed by atoms with Crippen molar-refractivity contribution in [3.63, 3.8) is 0 Å². The molecular weight excluding hydrogens is 242 g/mol. The van der Waals surface area contributed by atoms with Gasteiger partial charge < -0.3 is 20.5 Å². The number of nitrogens with two attached hydrogens (primary N) is 1. The first kappa shape index (κ1) is 14.6. The van der Waals surface area contributed by atoms with Crippen molar-refractivity contribution < 1.29 is 9.47 Å². The van der Waals surface area contributed by atoms with E-state index in [9.17, 15) is 0 Å². The molecule has 0 aromatic heterocycles. The van der Waals surface area contributed by atoms with E-state index >= 15 is 0 Å². The highest BCUT2D eigenvalue weighted by molar-refractivity contribution is 5.78. The van der Waals surface area contributed by atoms with Gasteiger partial charge in [0.2, 0.25) is 0 Å². The second-order valence-electron chi connectivity index (χ2n) is 5.68. The van der Waals surface area contributed by atoms with Gasteiger partial charge in [-0.3, -0.25) is 4.99 Å². The lowest BCUT2D eigenvalue weighted by Crippen LogP contribution is -2.40. The van der Waals surface area contributed by atoms with Crippen LogP contribution in [0.2, 0.25) is 0 Å². The highest BCUT2D eigenvalue weighted by Gasteiger charge is 2.30. The van der Waals surface area contributed by atoms with Crippen LogP contribution in [-0.2, 0) is 9.47 Å². The Morgan fingerprint density at radius 1 is 1.21 bits per heavy atom. The van der Waals surface area contributed by atoms with Crippen molar-refractivity contribution in [2.45, 2.75) is 63.7 Å². The van der Waals surface area contributed by atoms with E-state index in [1.165, 1.54) is 38.5 Å². The van der Waals surface area contributed by atoms with E-state index in [0.29, 0.717) is 31.8 Å². The monoisotopic (exact) mass is 269 g/mol. The summed E-state index contributed by atoms with van der Waals surface area (Å²) in [7, 11) is 0. The summed E-state index contributed by atoms with van der Waals surface area (Å²) in [6.45, 7) is 3.96. The van der Waals surface area contributed by atoms with Crippen LogP contribution in [0.3, 0.4) is 0 Å². The lowest BCUT2D eigenvalue weighted by Gasteiger charge is -2.21. The Hall–Kier alpha value is -0.810. The van der Waals surface area contributed by atoms with Gasteiger partial charge in [-0.15, -0.1) is 0 Å². The van der Waals surface area contributed by atoms with Crippen LogP contribution in [0.15, 0.2) is 4.99 Å². The van der Waals surface area contributed by atoms with E-state index in [0.717, 1.165) is 6.42 Å². The zero-order chi connectivity index (χ0) is 13.6. The van der Waals surface area contributed by atoms with E-state index in [4.69, 9.17) is 15.2 Å². The molecule has 0 bridgehead atoms. The molecule has 19 heavy (non-hydrogen) atoms. The molecule has 0 unspecified atom stereocenters. The second-order valence-corrected chi connectivity index (χ2v) is 5.68. The molecule has 1 aliphatic carbocycles. The number of nitrogens with one attached hydrogen (secondary N) is 1. The summed E-state index contributed by atoms with van der Waals surface area (Å²) >= 11 is 0. The summed E-state index contributed by atoms with van der Waals surface area (Å²) in [5.41, 5.74) is 5.94. The summed E-state index contributed by atoms with van der Waals surface area (Å²) in [5.74, 6) is 0.0973. The molecule has 5 heteroatoms.